The van der Waals surface area contributed by atoms with Crippen molar-refractivity contribution in [2.75, 3.05) is 31.9 Å². The van der Waals surface area contributed by atoms with E-state index in [0.717, 1.165) is 22.7 Å². The minimum Gasteiger partial charge on any atom is -0.369 e. The van der Waals surface area contributed by atoms with Crippen LogP contribution in [-0.4, -0.2) is 52.1 Å². The number of carbonyl (C=O) groups excluding carboxylic acids is 1. The third-order valence-corrected chi connectivity index (χ3v) is 5.41. The van der Waals surface area contributed by atoms with Crippen LogP contribution in [-0.2, 0) is 11.6 Å². The molecule has 2 aromatic heterocycles. The van der Waals surface area contributed by atoms with Gasteiger partial charge in [0.1, 0.15) is 17.3 Å². The molecule has 0 aliphatic carbocycles. The lowest BCUT2D eigenvalue weighted by molar-refractivity contribution is -0.141. The van der Waals surface area contributed by atoms with E-state index in [1.165, 1.54) is 17.0 Å². The van der Waals surface area contributed by atoms with Crippen molar-refractivity contribution < 1.29 is 35.2 Å². The SMILES string of the molecule is [2H]C([2H])([2H])NC(=O)N1CC(CNc2cc(C(F)(F)F)nc3cc(C(F)F)nn23)(c2ccc(F)cc2)C1. The first-order valence-corrected chi connectivity index (χ1v) is 9.50. The largest absolute Gasteiger partial charge is 0.433 e. The van der Waals surface area contributed by atoms with Crippen LogP contribution in [0.15, 0.2) is 36.4 Å². The van der Waals surface area contributed by atoms with E-state index in [2.05, 4.69) is 15.4 Å². The molecule has 1 saturated heterocycles. The Hall–Kier alpha value is -3.51. The lowest BCUT2D eigenvalue weighted by atomic mass is 9.73. The highest BCUT2D eigenvalue weighted by Gasteiger charge is 2.46. The van der Waals surface area contributed by atoms with Crippen molar-refractivity contribution in [2.45, 2.75) is 18.0 Å². The molecular formula is C20H18F6N6O. The molecule has 33 heavy (non-hydrogen) atoms. The molecule has 0 radical (unpaired) electrons. The van der Waals surface area contributed by atoms with Crippen LogP contribution in [0.4, 0.5) is 37.0 Å². The number of carbonyl (C=O) groups is 1. The van der Waals surface area contributed by atoms with E-state index in [1.807, 2.05) is 5.32 Å². The van der Waals surface area contributed by atoms with Crippen molar-refractivity contribution in [1.29, 1.82) is 0 Å². The average molecular weight is 475 g/mol. The Bertz CT molecular complexity index is 1270. The second-order valence-electron chi connectivity index (χ2n) is 7.59. The number of aromatic nitrogens is 3. The van der Waals surface area contributed by atoms with Gasteiger partial charge >= 0.3 is 12.2 Å². The molecule has 1 aliphatic heterocycles. The number of rotatable bonds is 5. The molecule has 1 aliphatic rings. The average Bonchev–Trinajstić information content (AvgIpc) is 3.17. The summed E-state index contributed by atoms with van der Waals surface area (Å²) in [6.45, 7) is -2.98. The van der Waals surface area contributed by atoms with Gasteiger partial charge in [-0.15, -0.1) is 0 Å². The minimum absolute atomic E-state index is 0.0602. The highest BCUT2D eigenvalue weighted by atomic mass is 19.4. The summed E-state index contributed by atoms with van der Waals surface area (Å²) in [5.41, 5.74) is -3.00. The molecule has 13 heteroatoms. The molecule has 0 spiro atoms. The number of halogens is 6. The number of urea groups is 1. The van der Waals surface area contributed by atoms with E-state index in [1.54, 1.807) is 0 Å². The smallest absolute Gasteiger partial charge is 0.369 e. The van der Waals surface area contributed by atoms with Crippen LogP contribution < -0.4 is 10.6 Å². The van der Waals surface area contributed by atoms with Crippen LogP contribution in [0.1, 0.15) is 27.5 Å². The molecule has 0 unspecified atom stereocenters. The van der Waals surface area contributed by atoms with Gasteiger partial charge in [-0.2, -0.15) is 22.8 Å². The summed E-state index contributed by atoms with van der Waals surface area (Å²) in [7, 11) is 0. The monoisotopic (exact) mass is 475 g/mol. The van der Waals surface area contributed by atoms with Gasteiger partial charge in [-0.1, -0.05) is 12.1 Å². The van der Waals surface area contributed by atoms with Gasteiger partial charge in [-0.3, -0.25) is 0 Å². The van der Waals surface area contributed by atoms with E-state index in [-0.39, 0.29) is 25.5 Å². The quantitative estimate of drug-likeness (QED) is 0.551. The summed E-state index contributed by atoms with van der Waals surface area (Å²) in [6.07, 6.45) is -7.92. The van der Waals surface area contributed by atoms with Crippen LogP contribution in [0.25, 0.3) is 5.65 Å². The summed E-state index contributed by atoms with van der Waals surface area (Å²) >= 11 is 0. The lowest BCUT2D eigenvalue weighted by Crippen LogP contribution is -2.65. The second kappa shape index (κ2) is 8.12. The number of benzene rings is 1. The van der Waals surface area contributed by atoms with Crippen molar-refractivity contribution in [1.82, 2.24) is 24.8 Å². The molecule has 7 nitrogen and oxygen atoms in total. The zero-order valence-electron chi connectivity index (χ0n) is 19.6. The summed E-state index contributed by atoms with van der Waals surface area (Å²) in [5, 5.41) is 8.25. The van der Waals surface area contributed by atoms with Gasteiger partial charge in [0.25, 0.3) is 6.43 Å². The van der Waals surface area contributed by atoms with Gasteiger partial charge in [-0.05, 0) is 17.7 Å². The Morgan fingerprint density at radius 2 is 1.94 bits per heavy atom. The van der Waals surface area contributed by atoms with E-state index in [4.69, 9.17) is 4.11 Å². The van der Waals surface area contributed by atoms with E-state index < -0.39 is 53.9 Å². The molecule has 1 fully saturated rings. The fourth-order valence-electron chi connectivity index (χ4n) is 3.74. The molecule has 0 saturated carbocycles. The van der Waals surface area contributed by atoms with Gasteiger partial charge < -0.3 is 15.5 Å². The van der Waals surface area contributed by atoms with Gasteiger partial charge in [0.15, 0.2) is 11.3 Å². The Labute approximate surface area is 187 Å². The van der Waals surface area contributed by atoms with E-state index >= 15 is 0 Å². The summed E-state index contributed by atoms with van der Waals surface area (Å²) in [4.78, 5) is 16.8. The molecule has 0 atom stereocenters. The molecule has 3 aromatic rings. The summed E-state index contributed by atoms with van der Waals surface area (Å²) < 4.78 is 102. The number of likely N-dealkylation sites (tertiary alicyclic amines) is 1. The second-order valence-corrected chi connectivity index (χ2v) is 7.59. The number of fused-ring (bicyclic) bond motifs is 1. The molecule has 2 N–H and O–H groups in total. The zero-order valence-corrected chi connectivity index (χ0v) is 16.6. The number of nitrogens with one attached hydrogen (secondary N) is 2. The van der Waals surface area contributed by atoms with Gasteiger partial charge in [0.05, 0.1) is 0 Å². The van der Waals surface area contributed by atoms with Crippen LogP contribution >= 0.6 is 0 Å². The number of hydrogen-bond acceptors (Lipinski definition) is 4. The van der Waals surface area contributed by atoms with Crippen molar-refractivity contribution in [3.63, 3.8) is 0 Å². The van der Waals surface area contributed by atoms with Crippen molar-refractivity contribution in [2.24, 2.45) is 0 Å². The zero-order chi connectivity index (χ0) is 26.5. The fraction of sp³-hybridized carbons (Fsp3) is 0.350. The minimum atomic E-state index is -4.87. The molecule has 4 rings (SSSR count). The normalized spacial score (nSPS) is 17.3. The first-order valence-electron chi connectivity index (χ1n) is 11.0. The van der Waals surface area contributed by atoms with E-state index in [0.29, 0.717) is 11.6 Å². The van der Waals surface area contributed by atoms with Gasteiger partial charge in [0, 0.05) is 48.3 Å². The fourth-order valence-corrected chi connectivity index (χ4v) is 3.74. The van der Waals surface area contributed by atoms with Crippen molar-refractivity contribution in [3.8, 4) is 0 Å². The predicted octanol–water partition coefficient (Wildman–Crippen LogP) is 3.83. The highest BCUT2D eigenvalue weighted by Crippen LogP contribution is 2.36. The third-order valence-electron chi connectivity index (χ3n) is 5.41. The number of nitrogens with zero attached hydrogens (tertiary/aromatic N) is 4. The summed E-state index contributed by atoms with van der Waals surface area (Å²) in [5.74, 6) is -0.828. The standard InChI is InChI=1S/C20H18F6N6O/c1-27-18(33)31-9-19(10-31,11-2-4-12(21)5-3-11)8-28-15-7-14(20(24,25)26)29-16-6-13(17(22)23)30-32(15)16/h2-7,17,28H,8-10H2,1H3,(H,27,33)/i1D3. The maximum absolute atomic E-state index is 13.5. The number of anilines is 1. The molecule has 0 bridgehead atoms. The first kappa shape index (κ1) is 19.0. The van der Waals surface area contributed by atoms with Crippen LogP contribution in [0.5, 0.6) is 0 Å². The molecule has 176 valence electrons. The molecule has 1 aromatic carbocycles. The molecule has 3 heterocycles. The molecular weight excluding hydrogens is 454 g/mol. The van der Waals surface area contributed by atoms with Crippen LogP contribution in [0.2, 0.25) is 0 Å². The third kappa shape index (κ3) is 4.26. The van der Waals surface area contributed by atoms with Gasteiger partial charge in [0.2, 0.25) is 0 Å². The van der Waals surface area contributed by atoms with Crippen LogP contribution in [0, 0.1) is 5.82 Å². The number of hydrogen-bond donors (Lipinski definition) is 2. The maximum Gasteiger partial charge on any atom is 0.433 e. The van der Waals surface area contributed by atoms with Gasteiger partial charge in [-0.25, -0.2) is 22.9 Å². The van der Waals surface area contributed by atoms with Crippen molar-refractivity contribution >= 4 is 17.5 Å². The number of amides is 2. The maximum atomic E-state index is 13.5. The lowest BCUT2D eigenvalue weighted by Gasteiger charge is -2.50. The Morgan fingerprint density at radius 3 is 2.55 bits per heavy atom. The Kier molecular flexibility index (Phi) is 4.68. The highest BCUT2D eigenvalue weighted by molar-refractivity contribution is 5.75. The Morgan fingerprint density at radius 1 is 1.24 bits per heavy atom. The van der Waals surface area contributed by atoms with Crippen molar-refractivity contribution in [3.05, 3.63) is 59.2 Å². The summed E-state index contributed by atoms with van der Waals surface area (Å²) in [6, 6.07) is 5.67. The van der Waals surface area contributed by atoms with Crippen LogP contribution in [0.3, 0.4) is 0 Å². The Balaban J connectivity index is 1.66. The first-order chi connectivity index (χ1) is 16.7. The predicted molar refractivity (Wildman–Crippen MR) is 106 cm³/mol. The number of alkyl halides is 5. The topological polar surface area (TPSA) is 74.6 Å². The van der Waals surface area contributed by atoms with E-state index in [9.17, 15) is 31.1 Å². The molecule has 2 amide bonds.